The molecule has 112 valence electrons. The summed E-state index contributed by atoms with van der Waals surface area (Å²) in [6.07, 6.45) is 4.62. The van der Waals surface area contributed by atoms with E-state index >= 15 is 0 Å². The molecular formula is C12H12F3N5O. The van der Waals surface area contributed by atoms with Crippen molar-refractivity contribution in [2.45, 2.75) is 13.1 Å². The lowest BCUT2D eigenvalue weighted by atomic mass is 10.4. The molecule has 0 atom stereocenters. The van der Waals surface area contributed by atoms with Crippen LogP contribution in [0.3, 0.4) is 0 Å². The Morgan fingerprint density at radius 2 is 2.24 bits per heavy atom. The Labute approximate surface area is 118 Å². The Morgan fingerprint density at radius 1 is 1.48 bits per heavy atom. The summed E-state index contributed by atoms with van der Waals surface area (Å²) in [5, 5.41) is 2.32. The zero-order chi connectivity index (χ0) is 15.4. The molecule has 0 aromatic carbocycles. The summed E-state index contributed by atoms with van der Waals surface area (Å²) in [5.41, 5.74) is -0.0425. The van der Waals surface area contributed by atoms with E-state index in [1.165, 1.54) is 25.5 Å². The first-order valence-electron chi connectivity index (χ1n) is 5.90. The van der Waals surface area contributed by atoms with Gasteiger partial charge in [0.2, 0.25) is 0 Å². The molecule has 6 nitrogen and oxygen atoms in total. The summed E-state index contributed by atoms with van der Waals surface area (Å²) < 4.78 is 39.3. The molecular weight excluding hydrogens is 287 g/mol. The minimum Gasteiger partial charge on any atom is -0.320 e. The number of imidazole rings is 1. The van der Waals surface area contributed by atoms with Crippen molar-refractivity contribution in [2.75, 3.05) is 12.4 Å². The highest BCUT2D eigenvalue weighted by atomic mass is 19.3. The number of amides is 2. The van der Waals surface area contributed by atoms with Crippen molar-refractivity contribution in [3.8, 4) is 0 Å². The molecule has 0 bridgehead atoms. The predicted molar refractivity (Wildman–Crippen MR) is 68.2 cm³/mol. The lowest BCUT2D eigenvalue weighted by molar-refractivity contribution is 0.0652. The number of nitrogens with one attached hydrogen (secondary N) is 1. The van der Waals surface area contributed by atoms with E-state index in [2.05, 4.69) is 15.3 Å². The first-order valence-corrected chi connectivity index (χ1v) is 5.90. The van der Waals surface area contributed by atoms with Gasteiger partial charge in [-0.3, -0.25) is 9.55 Å². The number of carbonyl (C=O) groups excluding carboxylic acids is 1. The van der Waals surface area contributed by atoms with Gasteiger partial charge >= 0.3 is 12.6 Å². The van der Waals surface area contributed by atoms with Gasteiger partial charge in [-0.1, -0.05) is 0 Å². The second-order valence-electron chi connectivity index (χ2n) is 4.17. The quantitative estimate of drug-likeness (QED) is 0.943. The molecule has 2 aromatic heterocycles. The number of hydrogen-bond donors (Lipinski definition) is 1. The van der Waals surface area contributed by atoms with E-state index in [0.29, 0.717) is 4.57 Å². The van der Waals surface area contributed by atoms with Crippen LogP contribution in [0.15, 0.2) is 30.9 Å². The molecule has 0 aliphatic heterocycles. The SMILES string of the molecule is CN(Cc1nccn1C(F)F)C(=O)Nc1ccncc1F. The van der Waals surface area contributed by atoms with E-state index < -0.39 is 18.4 Å². The fourth-order valence-electron chi connectivity index (χ4n) is 1.62. The molecule has 0 aliphatic rings. The van der Waals surface area contributed by atoms with E-state index in [1.807, 2.05) is 0 Å². The van der Waals surface area contributed by atoms with Crippen molar-refractivity contribution in [3.05, 3.63) is 42.5 Å². The third-order valence-electron chi connectivity index (χ3n) is 2.70. The highest BCUT2D eigenvalue weighted by Crippen LogP contribution is 2.15. The summed E-state index contributed by atoms with van der Waals surface area (Å²) in [6.45, 7) is -2.88. The Hall–Kier alpha value is -2.58. The maximum Gasteiger partial charge on any atom is 0.322 e. The van der Waals surface area contributed by atoms with Crippen LogP contribution in [0.4, 0.5) is 23.7 Å². The van der Waals surface area contributed by atoms with Gasteiger partial charge in [-0.05, 0) is 6.07 Å². The maximum absolute atomic E-state index is 13.3. The smallest absolute Gasteiger partial charge is 0.320 e. The van der Waals surface area contributed by atoms with Crippen LogP contribution in [-0.2, 0) is 6.54 Å². The van der Waals surface area contributed by atoms with Crippen LogP contribution >= 0.6 is 0 Å². The Morgan fingerprint density at radius 3 is 2.90 bits per heavy atom. The third kappa shape index (κ3) is 3.50. The van der Waals surface area contributed by atoms with Gasteiger partial charge in [-0.15, -0.1) is 0 Å². The molecule has 2 rings (SSSR count). The lowest BCUT2D eigenvalue weighted by Gasteiger charge is -2.18. The van der Waals surface area contributed by atoms with E-state index in [0.717, 1.165) is 17.3 Å². The van der Waals surface area contributed by atoms with Crippen LogP contribution in [0.2, 0.25) is 0 Å². The number of halogens is 3. The van der Waals surface area contributed by atoms with Crippen LogP contribution in [0.25, 0.3) is 0 Å². The molecule has 21 heavy (non-hydrogen) atoms. The molecule has 0 saturated carbocycles. The Balaban J connectivity index is 2.03. The van der Waals surface area contributed by atoms with Crippen molar-refractivity contribution in [1.29, 1.82) is 0 Å². The third-order valence-corrected chi connectivity index (χ3v) is 2.70. The number of urea groups is 1. The van der Waals surface area contributed by atoms with Crippen molar-refractivity contribution in [2.24, 2.45) is 0 Å². The predicted octanol–water partition coefficient (Wildman–Crippen LogP) is 2.48. The fraction of sp³-hybridized carbons (Fsp3) is 0.250. The summed E-state index contributed by atoms with van der Waals surface area (Å²) >= 11 is 0. The summed E-state index contributed by atoms with van der Waals surface area (Å²) in [4.78, 5) is 20.3. The standard InChI is InChI=1S/C12H12F3N5O/c1-19(7-10-17-4-5-20(10)11(14)15)12(21)18-9-2-3-16-6-8(9)13/h2-6,11H,7H2,1H3,(H,16,18,21). The fourth-order valence-corrected chi connectivity index (χ4v) is 1.62. The molecule has 0 unspecified atom stereocenters. The van der Waals surface area contributed by atoms with Crippen molar-refractivity contribution in [3.63, 3.8) is 0 Å². The molecule has 0 aliphatic carbocycles. The van der Waals surface area contributed by atoms with E-state index in [4.69, 9.17) is 0 Å². The summed E-state index contributed by atoms with van der Waals surface area (Å²) in [7, 11) is 1.39. The number of anilines is 1. The maximum atomic E-state index is 13.3. The topological polar surface area (TPSA) is 63.1 Å². The van der Waals surface area contributed by atoms with Crippen LogP contribution in [0.1, 0.15) is 12.4 Å². The van der Waals surface area contributed by atoms with Crippen LogP contribution < -0.4 is 5.32 Å². The zero-order valence-electron chi connectivity index (χ0n) is 11.0. The van der Waals surface area contributed by atoms with Crippen LogP contribution in [0, 0.1) is 5.82 Å². The summed E-state index contributed by atoms with van der Waals surface area (Å²) in [5.74, 6) is -0.661. The number of rotatable bonds is 4. The van der Waals surface area contributed by atoms with Gasteiger partial charge in [-0.25, -0.2) is 14.2 Å². The first-order chi connectivity index (χ1) is 9.99. The molecule has 0 spiro atoms. The first kappa shape index (κ1) is 14.8. The molecule has 0 saturated heterocycles. The Kier molecular flexibility index (Phi) is 4.41. The van der Waals surface area contributed by atoms with E-state index in [-0.39, 0.29) is 18.1 Å². The minimum absolute atomic E-state index is 0.0258. The van der Waals surface area contributed by atoms with Gasteiger partial charge in [0.25, 0.3) is 0 Å². The molecule has 0 radical (unpaired) electrons. The lowest BCUT2D eigenvalue weighted by Crippen LogP contribution is -2.32. The number of carbonyl (C=O) groups is 1. The number of hydrogen-bond acceptors (Lipinski definition) is 3. The number of pyridine rings is 1. The number of nitrogens with zero attached hydrogens (tertiary/aromatic N) is 4. The molecule has 0 fully saturated rings. The zero-order valence-corrected chi connectivity index (χ0v) is 11.0. The van der Waals surface area contributed by atoms with Gasteiger partial charge in [0, 0.05) is 25.6 Å². The van der Waals surface area contributed by atoms with Gasteiger partial charge in [0.05, 0.1) is 18.4 Å². The van der Waals surface area contributed by atoms with Gasteiger partial charge in [-0.2, -0.15) is 8.78 Å². The van der Waals surface area contributed by atoms with Crippen LogP contribution in [0.5, 0.6) is 0 Å². The van der Waals surface area contributed by atoms with Gasteiger partial charge < -0.3 is 10.2 Å². The molecule has 2 aromatic rings. The summed E-state index contributed by atoms with van der Waals surface area (Å²) in [6, 6.07) is 0.644. The van der Waals surface area contributed by atoms with Gasteiger partial charge in [0.15, 0.2) is 5.82 Å². The Bertz CT molecular complexity index is 631. The second kappa shape index (κ2) is 6.25. The van der Waals surface area contributed by atoms with E-state index in [9.17, 15) is 18.0 Å². The molecule has 2 heterocycles. The number of alkyl halides is 2. The van der Waals surface area contributed by atoms with Crippen molar-refractivity contribution < 1.29 is 18.0 Å². The molecule has 1 N–H and O–H groups in total. The van der Waals surface area contributed by atoms with Crippen molar-refractivity contribution >= 4 is 11.7 Å². The molecule has 2 amide bonds. The van der Waals surface area contributed by atoms with E-state index in [1.54, 1.807) is 0 Å². The average molecular weight is 299 g/mol. The van der Waals surface area contributed by atoms with Crippen LogP contribution in [-0.4, -0.2) is 32.5 Å². The minimum atomic E-state index is -2.74. The largest absolute Gasteiger partial charge is 0.322 e. The van der Waals surface area contributed by atoms with Crippen molar-refractivity contribution in [1.82, 2.24) is 19.4 Å². The highest BCUT2D eigenvalue weighted by molar-refractivity contribution is 5.89. The highest BCUT2D eigenvalue weighted by Gasteiger charge is 2.17. The average Bonchev–Trinajstić information content (AvgIpc) is 2.89. The normalized spacial score (nSPS) is 10.7. The second-order valence-corrected chi connectivity index (χ2v) is 4.17. The monoisotopic (exact) mass is 299 g/mol. The number of aromatic nitrogens is 3. The van der Waals surface area contributed by atoms with Gasteiger partial charge in [0.1, 0.15) is 5.82 Å². The molecule has 9 heteroatoms.